The summed E-state index contributed by atoms with van der Waals surface area (Å²) in [6.07, 6.45) is 12.2. The zero-order valence-corrected chi connectivity index (χ0v) is 14.4. The molecular formula is C20H30O2. The van der Waals surface area contributed by atoms with Crippen molar-refractivity contribution in [1.29, 1.82) is 0 Å². The predicted molar refractivity (Wildman–Crippen MR) is 87.5 cm³/mol. The number of ether oxygens (including phenoxy) is 1. The lowest BCUT2D eigenvalue weighted by atomic mass is 9.48. The van der Waals surface area contributed by atoms with E-state index >= 15 is 0 Å². The van der Waals surface area contributed by atoms with E-state index in [2.05, 4.69) is 19.9 Å². The van der Waals surface area contributed by atoms with Crippen LogP contribution in [-0.4, -0.2) is 19.0 Å². The van der Waals surface area contributed by atoms with E-state index < -0.39 is 0 Å². The standard InChI is InChI=1S/C20H30O2/c1-19-10-8-14(22-3)12-13(19)4-5-15-16-6-7-18(21)20(16,2)11-9-17(15)19/h4,14-17H,5-12H2,1-3H3/t14?,15-,16-,17-,19-,20-/m0/s1. The van der Waals surface area contributed by atoms with E-state index in [1.54, 1.807) is 5.57 Å². The minimum Gasteiger partial charge on any atom is -0.381 e. The van der Waals surface area contributed by atoms with Crippen LogP contribution in [0.1, 0.15) is 65.2 Å². The number of carbonyl (C=O) groups is 1. The Kier molecular flexibility index (Phi) is 3.35. The van der Waals surface area contributed by atoms with E-state index in [0.29, 0.717) is 23.2 Å². The Hall–Kier alpha value is -0.630. The molecule has 122 valence electrons. The number of hydrogen-bond acceptors (Lipinski definition) is 2. The fourth-order valence-corrected chi connectivity index (χ4v) is 6.60. The molecule has 4 aliphatic rings. The van der Waals surface area contributed by atoms with E-state index in [-0.39, 0.29) is 5.41 Å². The molecule has 3 fully saturated rings. The molecule has 0 N–H and O–H groups in total. The van der Waals surface area contributed by atoms with Crippen molar-refractivity contribution in [3.63, 3.8) is 0 Å². The highest BCUT2D eigenvalue weighted by atomic mass is 16.5. The van der Waals surface area contributed by atoms with Crippen LogP contribution in [0, 0.1) is 28.6 Å². The van der Waals surface area contributed by atoms with E-state index in [1.807, 2.05) is 7.11 Å². The average molecular weight is 302 g/mol. The van der Waals surface area contributed by atoms with Crippen LogP contribution in [-0.2, 0) is 9.53 Å². The molecule has 0 amide bonds. The number of methoxy groups -OCH3 is 1. The first-order valence-electron chi connectivity index (χ1n) is 9.24. The molecule has 6 atom stereocenters. The molecule has 22 heavy (non-hydrogen) atoms. The van der Waals surface area contributed by atoms with E-state index in [4.69, 9.17) is 4.74 Å². The molecular weight excluding hydrogens is 272 g/mol. The van der Waals surface area contributed by atoms with Crippen LogP contribution >= 0.6 is 0 Å². The first-order chi connectivity index (χ1) is 10.5. The maximum absolute atomic E-state index is 12.4. The first kappa shape index (κ1) is 14.9. The number of allylic oxidation sites excluding steroid dienone is 1. The quantitative estimate of drug-likeness (QED) is 0.665. The Morgan fingerprint density at radius 1 is 1.09 bits per heavy atom. The van der Waals surface area contributed by atoms with Crippen LogP contribution in [0.3, 0.4) is 0 Å². The van der Waals surface area contributed by atoms with Gasteiger partial charge in [-0.25, -0.2) is 0 Å². The fourth-order valence-electron chi connectivity index (χ4n) is 6.60. The van der Waals surface area contributed by atoms with Crippen molar-refractivity contribution in [2.45, 2.75) is 71.3 Å². The average Bonchev–Trinajstić information content (AvgIpc) is 2.82. The minimum atomic E-state index is 0.00655. The number of hydrogen-bond donors (Lipinski definition) is 0. The van der Waals surface area contributed by atoms with Gasteiger partial charge in [-0.2, -0.15) is 0 Å². The molecule has 0 aromatic rings. The SMILES string of the molecule is COC1CC[C@@]2(C)C(=CC[C@@H]3[C@@H]2CC[C@]2(C)C(=O)CC[C@@H]32)C1. The third kappa shape index (κ3) is 1.85. The Morgan fingerprint density at radius 2 is 1.82 bits per heavy atom. The van der Waals surface area contributed by atoms with Gasteiger partial charge in [-0.15, -0.1) is 0 Å². The van der Waals surface area contributed by atoms with Gasteiger partial charge in [-0.3, -0.25) is 4.79 Å². The predicted octanol–water partition coefficient (Wildman–Crippen LogP) is 4.53. The zero-order valence-electron chi connectivity index (χ0n) is 14.4. The Balaban J connectivity index is 1.66. The number of rotatable bonds is 1. The second-order valence-corrected chi connectivity index (χ2v) is 8.78. The summed E-state index contributed by atoms with van der Waals surface area (Å²) in [5.41, 5.74) is 2.05. The summed E-state index contributed by atoms with van der Waals surface area (Å²) >= 11 is 0. The largest absolute Gasteiger partial charge is 0.381 e. The van der Waals surface area contributed by atoms with Crippen LogP contribution < -0.4 is 0 Å². The third-order valence-electron chi connectivity index (χ3n) is 8.10. The topological polar surface area (TPSA) is 26.3 Å². The molecule has 2 heteroatoms. The van der Waals surface area contributed by atoms with Gasteiger partial charge in [0, 0.05) is 18.9 Å². The van der Waals surface area contributed by atoms with Crippen LogP contribution in [0.5, 0.6) is 0 Å². The van der Waals surface area contributed by atoms with Crippen molar-refractivity contribution < 1.29 is 9.53 Å². The van der Waals surface area contributed by atoms with Gasteiger partial charge in [-0.1, -0.05) is 25.5 Å². The van der Waals surface area contributed by atoms with Crippen LogP contribution in [0.15, 0.2) is 11.6 Å². The van der Waals surface area contributed by atoms with Gasteiger partial charge in [0.15, 0.2) is 0 Å². The number of Topliss-reactive ketones (excluding diaryl/α,β-unsaturated/α-hetero) is 1. The number of fused-ring (bicyclic) bond motifs is 5. The van der Waals surface area contributed by atoms with E-state index in [1.165, 1.54) is 25.7 Å². The van der Waals surface area contributed by atoms with Gasteiger partial charge in [0.1, 0.15) is 5.78 Å². The molecule has 0 spiro atoms. The summed E-state index contributed by atoms with van der Waals surface area (Å²) in [7, 11) is 1.86. The highest BCUT2D eigenvalue weighted by molar-refractivity contribution is 5.87. The fraction of sp³-hybridized carbons (Fsp3) is 0.850. The molecule has 0 bridgehead atoms. The van der Waals surface area contributed by atoms with Gasteiger partial charge < -0.3 is 4.74 Å². The molecule has 1 unspecified atom stereocenters. The Labute approximate surface area is 134 Å². The molecule has 0 saturated heterocycles. The van der Waals surface area contributed by atoms with Crippen molar-refractivity contribution in [1.82, 2.24) is 0 Å². The molecule has 4 aliphatic carbocycles. The Morgan fingerprint density at radius 3 is 2.59 bits per heavy atom. The smallest absolute Gasteiger partial charge is 0.139 e. The van der Waals surface area contributed by atoms with Crippen molar-refractivity contribution in [2.24, 2.45) is 28.6 Å². The molecule has 3 saturated carbocycles. The molecule has 0 aromatic carbocycles. The lowest BCUT2D eigenvalue weighted by Crippen LogP contribution is -2.50. The summed E-state index contributed by atoms with van der Waals surface area (Å²) < 4.78 is 5.64. The van der Waals surface area contributed by atoms with Gasteiger partial charge in [0.05, 0.1) is 6.10 Å². The zero-order chi connectivity index (χ0) is 15.5. The van der Waals surface area contributed by atoms with Gasteiger partial charge in [0.2, 0.25) is 0 Å². The van der Waals surface area contributed by atoms with Crippen molar-refractivity contribution >= 4 is 5.78 Å². The number of ketones is 1. The summed E-state index contributed by atoms with van der Waals surface area (Å²) in [5.74, 6) is 2.75. The lowest BCUT2D eigenvalue weighted by molar-refractivity contribution is -0.132. The Bertz CT molecular complexity index is 522. The molecule has 0 aliphatic heterocycles. The monoisotopic (exact) mass is 302 g/mol. The summed E-state index contributed by atoms with van der Waals surface area (Å²) in [6.45, 7) is 4.79. The highest BCUT2D eigenvalue weighted by Gasteiger charge is 2.58. The second kappa shape index (κ2) is 4.93. The van der Waals surface area contributed by atoms with E-state index in [9.17, 15) is 4.79 Å². The van der Waals surface area contributed by atoms with Crippen molar-refractivity contribution in [3.8, 4) is 0 Å². The summed E-state index contributed by atoms with van der Waals surface area (Å²) in [6, 6.07) is 0. The van der Waals surface area contributed by atoms with Crippen LogP contribution in [0.4, 0.5) is 0 Å². The van der Waals surface area contributed by atoms with Crippen LogP contribution in [0.25, 0.3) is 0 Å². The van der Waals surface area contributed by atoms with Gasteiger partial charge in [-0.05, 0) is 68.1 Å². The molecule has 0 radical (unpaired) electrons. The third-order valence-corrected chi connectivity index (χ3v) is 8.10. The molecule has 0 aromatic heterocycles. The molecule has 4 rings (SSSR count). The summed E-state index contributed by atoms with van der Waals surface area (Å²) in [5, 5.41) is 0. The highest BCUT2D eigenvalue weighted by Crippen LogP contribution is 2.64. The first-order valence-corrected chi connectivity index (χ1v) is 9.24. The minimum absolute atomic E-state index is 0.00655. The van der Waals surface area contributed by atoms with Crippen molar-refractivity contribution in [3.05, 3.63) is 11.6 Å². The van der Waals surface area contributed by atoms with Crippen LogP contribution in [0.2, 0.25) is 0 Å². The van der Waals surface area contributed by atoms with Gasteiger partial charge in [0.25, 0.3) is 0 Å². The lowest BCUT2D eigenvalue weighted by Gasteiger charge is -2.57. The number of carbonyl (C=O) groups excluding carboxylic acids is 1. The normalized spacial score (nSPS) is 50.9. The summed E-state index contributed by atoms with van der Waals surface area (Å²) in [4.78, 5) is 12.4. The molecule has 0 heterocycles. The van der Waals surface area contributed by atoms with E-state index in [0.717, 1.165) is 37.5 Å². The maximum Gasteiger partial charge on any atom is 0.139 e. The maximum atomic E-state index is 12.4. The van der Waals surface area contributed by atoms with Crippen molar-refractivity contribution in [2.75, 3.05) is 7.11 Å². The molecule has 2 nitrogen and oxygen atoms in total. The second-order valence-electron chi connectivity index (χ2n) is 8.78. The van der Waals surface area contributed by atoms with Gasteiger partial charge >= 0.3 is 0 Å².